The van der Waals surface area contributed by atoms with Crippen LogP contribution < -0.4 is 0 Å². The van der Waals surface area contributed by atoms with Crippen molar-refractivity contribution >= 4 is 17.9 Å². The van der Waals surface area contributed by atoms with Crippen molar-refractivity contribution < 1.29 is 29.3 Å². The molecule has 2 N–H and O–H groups in total. The first-order chi connectivity index (χ1) is 7.42. The highest BCUT2D eigenvalue weighted by Gasteiger charge is 2.30. The second-order valence-corrected chi connectivity index (χ2v) is 2.88. The number of ether oxygens (including phenoxy) is 1. The van der Waals surface area contributed by atoms with Gasteiger partial charge >= 0.3 is 17.9 Å². The molecule has 0 spiro atoms. The average molecular weight is 228 g/mol. The number of carboxylic acid groups (broad SMARTS) is 2. The van der Waals surface area contributed by atoms with Crippen molar-refractivity contribution in [2.45, 2.75) is 12.5 Å². The van der Waals surface area contributed by atoms with E-state index in [2.05, 4.69) is 17.9 Å². The molecule has 0 aliphatic rings. The van der Waals surface area contributed by atoms with Crippen LogP contribution in [0.25, 0.3) is 0 Å². The minimum Gasteiger partial charge on any atom is -0.481 e. The van der Waals surface area contributed by atoms with Crippen LogP contribution in [0.4, 0.5) is 0 Å². The van der Waals surface area contributed by atoms with Crippen LogP contribution in [0.3, 0.4) is 0 Å². The van der Waals surface area contributed by atoms with Gasteiger partial charge in [-0.25, -0.2) is 4.79 Å². The third-order valence-corrected chi connectivity index (χ3v) is 1.76. The first kappa shape index (κ1) is 13.9. The molecule has 2 atom stereocenters. The Bertz CT molecular complexity index is 319. The molecule has 0 radical (unpaired) electrons. The van der Waals surface area contributed by atoms with Gasteiger partial charge < -0.3 is 14.9 Å². The van der Waals surface area contributed by atoms with E-state index in [-0.39, 0.29) is 0 Å². The van der Waals surface area contributed by atoms with E-state index in [0.29, 0.717) is 0 Å². The fourth-order valence-electron chi connectivity index (χ4n) is 1.01. The lowest BCUT2D eigenvalue weighted by Gasteiger charge is -2.18. The average Bonchev–Trinajstić information content (AvgIpc) is 2.21. The molecule has 0 rings (SSSR count). The summed E-state index contributed by atoms with van der Waals surface area (Å²) in [7, 11) is 0. The number of hydrogen-bond donors (Lipinski definition) is 2. The number of carbonyl (C=O) groups is 3. The van der Waals surface area contributed by atoms with Crippen molar-refractivity contribution in [3.63, 3.8) is 0 Å². The zero-order chi connectivity index (χ0) is 12.7. The van der Waals surface area contributed by atoms with Gasteiger partial charge in [0, 0.05) is 6.08 Å². The van der Waals surface area contributed by atoms with Gasteiger partial charge in [-0.1, -0.05) is 19.2 Å². The first-order valence-corrected chi connectivity index (χ1v) is 4.32. The Morgan fingerprint density at radius 2 is 1.81 bits per heavy atom. The summed E-state index contributed by atoms with van der Waals surface area (Å²) in [5, 5.41) is 17.3. The zero-order valence-electron chi connectivity index (χ0n) is 8.46. The SMILES string of the molecule is C=CC(=O)OC(C=C)C(CC(=O)O)C(=O)O. The third kappa shape index (κ3) is 4.41. The summed E-state index contributed by atoms with van der Waals surface area (Å²) >= 11 is 0. The van der Waals surface area contributed by atoms with E-state index in [0.717, 1.165) is 12.2 Å². The van der Waals surface area contributed by atoms with Gasteiger partial charge in [-0.3, -0.25) is 9.59 Å². The summed E-state index contributed by atoms with van der Waals surface area (Å²) < 4.78 is 4.65. The predicted molar refractivity (Wildman–Crippen MR) is 53.7 cm³/mol. The Labute approximate surface area is 91.8 Å². The number of hydrogen-bond acceptors (Lipinski definition) is 4. The maximum atomic E-state index is 10.9. The van der Waals surface area contributed by atoms with E-state index >= 15 is 0 Å². The minimum atomic E-state index is -1.37. The van der Waals surface area contributed by atoms with E-state index in [1.807, 2.05) is 0 Å². The molecule has 6 heteroatoms. The van der Waals surface area contributed by atoms with E-state index in [1.165, 1.54) is 0 Å². The molecule has 2 unspecified atom stereocenters. The van der Waals surface area contributed by atoms with Gasteiger partial charge in [0.15, 0.2) is 0 Å². The number of aliphatic carboxylic acids is 2. The van der Waals surface area contributed by atoms with E-state index < -0.39 is 36.4 Å². The van der Waals surface area contributed by atoms with Gasteiger partial charge in [-0.15, -0.1) is 0 Å². The molecule has 0 aromatic rings. The normalized spacial score (nSPS) is 13.2. The van der Waals surface area contributed by atoms with Gasteiger partial charge in [0.05, 0.1) is 6.42 Å². The quantitative estimate of drug-likeness (QED) is 0.372. The summed E-state index contributed by atoms with van der Waals surface area (Å²) in [6.07, 6.45) is 0.0783. The number of carboxylic acids is 2. The van der Waals surface area contributed by atoms with Gasteiger partial charge in [-0.2, -0.15) is 0 Å². The van der Waals surface area contributed by atoms with E-state index in [4.69, 9.17) is 10.2 Å². The summed E-state index contributed by atoms with van der Waals surface area (Å²) in [6, 6.07) is 0. The molecule has 0 aromatic carbocycles. The van der Waals surface area contributed by atoms with Crippen molar-refractivity contribution in [1.29, 1.82) is 0 Å². The monoisotopic (exact) mass is 228 g/mol. The Morgan fingerprint density at radius 3 is 2.12 bits per heavy atom. The van der Waals surface area contributed by atoms with Crippen LogP contribution in [0.5, 0.6) is 0 Å². The van der Waals surface area contributed by atoms with Gasteiger partial charge in [-0.05, 0) is 0 Å². The lowest BCUT2D eigenvalue weighted by atomic mass is 9.98. The van der Waals surface area contributed by atoms with Crippen molar-refractivity contribution in [1.82, 2.24) is 0 Å². The number of esters is 1. The smallest absolute Gasteiger partial charge is 0.330 e. The molecule has 0 fully saturated rings. The standard InChI is InChI=1S/C10H12O6/c1-3-7(16-9(13)4-2)6(10(14)15)5-8(11)12/h3-4,6-7H,1-2,5H2,(H,11,12)(H,14,15). The second kappa shape index (κ2) is 6.39. The Hall–Kier alpha value is -2.11. The maximum absolute atomic E-state index is 10.9. The molecule has 6 nitrogen and oxygen atoms in total. The van der Waals surface area contributed by atoms with Crippen molar-refractivity contribution in [2.24, 2.45) is 5.92 Å². The van der Waals surface area contributed by atoms with Gasteiger partial charge in [0.2, 0.25) is 0 Å². The fraction of sp³-hybridized carbons (Fsp3) is 0.300. The van der Waals surface area contributed by atoms with Crippen molar-refractivity contribution in [2.75, 3.05) is 0 Å². The maximum Gasteiger partial charge on any atom is 0.330 e. The van der Waals surface area contributed by atoms with Crippen LogP contribution >= 0.6 is 0 Å². The van der Waals surface area contributed by atoms with Crippen LogP contribution in [-0.4, -0.2) is 34.2 Å². The molecule has 0 heterocycles. The number of rotatable bonds is 7. The van der Waals surface area contributed by atoms with Crippen LogP contribution in [0.1, 0.15) is 6.42 Å². The highest BCUT2D eigenvalue weighted by molar-refractivity contribution is 5.83. The second-order valence-electron chi connectivity index (χ2n) is 2.88. The Morgan fingerprint density at radius 1 is 1.25 bits per heavy atom. The van der Waals surface area contributed by atoms with Crippen LogP contribution in [0.15, 0.2) is 25.3 Å². The Kier molecular flexibility index (Phi) is 5.55. The van der Waals surface area contributed by atoms with Gasteiger partial charge in [0.1, 0.15) is 12.0 Å². The largest absolute Gasteiger partial charge is 0.481 e. The van der Waals surface area contributed by atoms with E-state index in [1.54, 1.807) is 0 Å². The fourth-order valence-corrected chi connectivity index (χ4v) is 1.01. The summed E-state index contributed by atoms with van der Waals surface area (Å²) in [6.45, 7) is 6.43. The molecule has 0 aliphatic carbocycles. The highest BCUT2D eigenvalue weighted by atomic mass is 16.5. The molecule has 0 bridgehead atoms. The van der Waals surface area contributed by atoms with Crippen molar-refractivity contribution in [3.05, 3.63) is 25.3 Å². The lowest BCUT2D eigenvalue weighted by molar-refractivity contribution is -0.157. The molecular weight excluding hydrogens is 216 g/mol. The first-order valence-electron chi connectivity index (χ1n) is 4.32. The molecule has 0 aromatic heterocycles. The van der Waals surface area contributed by atoms with Crippen LogP contribution in [0, 0.1) is 5.92 Å². The number of carbonyl (C=O) groups excluding carboxylic acids is 1. The predicted octanol–water partition coefficient (Wildman–Crippen LogP) is 0.446. The van der Waals surface area contributed by atoms with Crippen molar-refractivity contribution in [3.8, 4) is 0 Å². The summed E-state index contributed by atoms with van der Waals surface area (Å²) in [5.74, 6) is -4.86. The molecule has 0 saturated carbocycles. The minimum absolute atomic E-state index is 0.656. The van der Waals surface area contributed by atoms with E-state index in [9.17, 15) is 14.4 Å². The molecule has 0 amide bonds. The summed E-state index contributed by atoms with van der Waals surface area (Å²) in [4.78, 5) is 32.1. The highest BCUT2D eigenvalue weighted by Crippen LogP contribution is 2.15. The molecule has 0 aliphatic heterocycles. The molecule has 88 valence electrons. The lowest BCUT2D eigenvalue weighted by Crippen LogP contribution is -2.32. The zero-order valence-corrected chi connectivity index (χ0v) is 8.46. The topological polar surface area (TPSA) is 101 Å². The van der Waals surface area contributed by atoms with Crippen LogP contribution in [0.2, 0.25) is 0 Å². The molecule has 16 heavy (non-hydrogen) atoms. The van der Waals surface area contributed by atoms with Gasteiger partial charge in [0.25, 0.3) is 0 Å². The molecular formula is C10H12O6. The molecule has 0 saturated heterocycles. The summed E-state index contributed by atoms with van der Waals surface area (Å²) in [5.41, 5.74) is 0. The Balaban J connectivity index is 4.77. The third-order valence-electron chi connectivity index (χ3n) is 1.76. The van der Waals surface area contributed by atoms with Crippen LogP contribution in [-0.2, 0) is 19.1 Å².